The molecule has 0 aliphatic heterocycles. The lowest BCUT2D eigenvalue weighted by molar-refractivity contribution is -0.151. The van der Waals surface area contributed by atoms with Crippen LogP contribution in [0.15, 0.2) is 36.5 Å². The first-order chi connectivity index (χ1) is 28.5. The SMILES string of the molecule is CC/C=C/C/C=C/C/C=C/CCCCCCC(CC(=O)NC(CO)C(O)CCCCCCCCCCC)OC(=O)CCCCCCCCCCCCCCCCCC. The van der Waals surface area contributed by atoms with Crippen LogP contribution in [0.4, 0.5) is 0 Å². The zero-order chi connectivity index (χ0) is 42.4. The molecule has 6 nitrogen and oxygen atoms in total. The smallest absolute Gasteiger partial charge is 0.306 e. The summed E-state index contributed by atoms with van der Waals surface area (Å²) in [6.45, 7) is 6.36. The molecule has 0 saturated carbocycles. The minimum Gasteiger partial charge on any atom is -0.462 e. The Balaban J connectivity index is 4.57. The number of rotatable bonds is 45. The van der Waals surface area contributed by atoms with Gasteiger partial charge < -0.3 is 20.3 Å². The number of allylic oxidation sites excluding steroid dienone is 6. The van der Waals surface area contributed by atoms with Gasteiger partial charge >= 0.3 is 5.97 Å². The predicted octanol–water partition coefficient (Wildman–Crippen LogP) is 14.9. The van der Waals surface area contributed by atoms with E-state index in [0.29, 0.717) is 19.3 Å². The number of unbranched alkanes of at least 4 members (excludes halogenated alkanes) is 27. The molecule has 0 aromatic heterocycles. The molecule has 3 unspecified atom stereocenters. The van der Waals surface area contributed by atoms with E-state index in [4.69, 9.17) is 4.74 Å². The lowest BCUT2D eigenvalue weighted by Crippen LogP contribution is -2.46. The molecule has 340 valence electrons. The van der Waals surface area contributed by atoms with Crippen molar-refractivity contribution in [3.8, 4) is 0 Å². The summed E-state index contributed by atoms with van der Waals surface area (Å²) in [4.78, 5) is 26.1. The van der Waals surface area contributed by atoms with Crippen LogP contribution >= 0.6 is 0 Å². The van der Waals surface area contributed by atoms with Gasteiger partial charge in [-0.3, -0.25) is 9.59 Å². The fourth-order valence-electron chi connectivity index (χ4n) is 7.68. The summed E-state index contributed by atoms with van der Waals surface area (Å²) in [5.74, 6) is -0.487. The number of aliphatic hydroxyl groups is 2. The van der Waals surface area contributed by atoms with Crippen LogP contribution in [0, 0.1) is 0 Å². The van der Waals surface area contributed by atoms with Crippen LogP contribution in [0.1, 0.15) is 258 Å². The Morgan fingerprint density at radius 1 is 0.517 bits per heavy atom. The van der Waals surface area contributed by atoms with Crippen molar-refractivity contribution in [1.29, 1.82) is 0 Å². The Morgan fingerprint density at radius 3 is 1.41 bits per heavy atom. The molecule has 6 heteroatoms. The second kappa shape index (κ2) is 46.2. The van der Waals surface area contributed by atoms with Gasteiger partial charge in [0.05, 0.1) is 25.2 Å². The Kier molecular flexibility index (Phi) is 44.6. The van der Waals surface area contributed by atoms with E-state index in [-0.39, 0.29) is 24.9 Å². The van der Waals surface area contributed by atoms with Crippen molar-refractivity contribution in [2.75, 3.05) is 6.61 Å². The first kappa shape index (κ1) is 56.1. The molecule has 58 heavy (non-hydrogen) atoms. The van der Waals surface area contributed by atoms with Crippen LogP contribution in [0.5, 0.6) is 0 Å². The zero-order valence-corrected chi connectivity index (χ0v) is 38.7. The zero-order valence-electron chi connectivity index (χ0n) is 38.7. The summed E-state index contributed by atoms with van der Waals surface area (Å²) in [5.41, 5.74) is 0. The van der Waals surface area contributed by atoms with E-state index in [1.807, 2.05) is 0 Å². The van der Waals surface area contributed by atoms with E-state index in [9.17, 15) is 19.8 Å². The highest BCUT2D eigenvalue weighted by atomic mass is 16.5. The first-order valence-electron chi connectivity index (χ1n) is 25.2. The predicted molar refractivity (Wildman–Crippen MR) is 250 cm³/mol. The molecule has 0 heterocycles. The lowest BCUT2D eigenvalue weighted by atomic mass is 10.0. The van der Waals surface area contributed by atoms with Gasteiger partial charge in [0, 0.05) is 6.42 Å². The number of carbonyl (C=O) groups excluding carboxylic acids is 2. The summed E-state index contributed by atoms with van der Waals surface area (Å²) >= 11 is 0. The second-order valence-electron chi connectivity index (χ2n) is 17.2. The van der Waals surface area contributed by atoms with E-state index in [1.165, 1.54) is 122 Å². The summed E-state index contributed by atoms with van der Waals surface area (Å²) in [6, 6.07) is -0.704. The maximum atomic E-state index is 13.2. The number of hydrogen-bond donors (Lipinski definition) is 3. The van der Waals surface area contributed by atoms with Crippen LogP contribution in [-0.2, 0) is 14.3 Å². The van der Waals surface area contributed by atoms with Crippen LogP contribution < -0.4 is 5.32 Å². The van der Waals surface area contributed by atoms with Crippen molar-refractivity contribution >= 4 is 11.9 Å². The van der Waals surface area contributed by atoms with Crippen molar-refractivity contribution in [2.45, 2.75) is 277 Å². The number of hydrogen-bond acceptors (Lipinski definition) is 5. The highest BCUT2D eigenvalue weighted by Crippen LogP contribution is 2.18. The monoisotopic (exact) mass is 816 g/mol. The van der Waals surface area contributed by atoms with Gasteiger partial charge in [-0.05, 0) is 57.8 Å². The van der Waals surface area contributed by atoms with E-state index >= 15 is 0 Å². The highest BCUT2D eigenvalue weighted by Gasteiger charge is 2.24. The van der Waals surface area contributed by atoms with Gasteiger partial charge in [-0.25, -0.2) is 0 Å². The lowest BCUT2D eigenvalue weighted by Gasteiger charge is -2.24. The van der Waals surface area contributed by atoms with Gasteiger partial charge in [-0.15, -0.1) is 0 Å². The molecule has 0 bridgehead atoms. The van der Waals surface area contributed by atoms with Gasteiger partial charge in [0.1, 0.15) is 6.10 Å². The molecule has 0 aromatic carbocycles. The maximum absolute atomic E-state index is 13.2. The minimum absolute atomic E-state index is 0.0659. The van der Waals surface area contributed by atoms with Crippen LogP contribution in [-0.4, -0.2) is 46.9 Å². The fourth-order valence-corrected chi connectivity index (χ4v) is 7.68. The highest BCUT2D eigenvalue weighted by molar-refractivity contribution is 5.77. The Labute approximate surface area is 360 Å². The Morgan fingerprint density at radius 2 is 0.931 bits per heavy atom. The maximum Gasteiger partial charge on any atom is 0.306 e. The summed E-state index contributed by atoms with van der Waals surface area (Å²) in [6.07, 6.45) is 53.5. The topological polar surface area (TPSA) is 95.9 Å². The largest absolute Gasteiger partial charge is 0.462 e. The third-order valence-electron chi connectivity index (χ3n) is 11.5. The number of aliphatic hydroxyl groups excluding tert-OH is 2. The quantitative estimate of drug-likeness (QED) is 0.0323. The van der Waals surface area contributed by atoms with Gasteiger partial charge in [0.2, 0.25) is 5.91 Å². The molecule has 3 N–H and O–H groups in total. The second-order valence-corrected chi connectivity index (χ2v) is 17.2. The third-order valence-corrected chi connectivity index (χ3v) is 11.5. The Hall–Kier alpha value is -1.92. The first-order valence-corrected chi connectivity index (χ1v) is 25.2. The van der Waals surface area contributed by atoms with E-state index in [2.05, 4.69) is 62.5 Å². The molecular formula is C52H97NO5. The molecule has 0 saturated heterocycles. The number of nitrogens with one attached hydrogen (secondary N) is 1. The van der Waals surface area contributed by atoms with Crippen LogP contribution in [0.25, 0.3) is 0 Å². The molecule has 0 spiro atoms. The van der Waals surface area contributed by atoms with E-state index in [1.54, 1.807) is 0 Å². The molecule has 1 amide bonds. The fraction of sp³-hybridized carbons (Fsp3) is 0.846. The Bertz CT molecular complexity index is 961. The third kappa shape index (κ3) is 40.8. The molecule has 0 rings (SSSR count). The van der Waals surface area contributed by atoms with Crippen molar-refractivity contribution in [1.82, 2.24) is 5.32 Å². The van der Waals surface area contributed by atoms with Crippen molar-refractivity contribution < 1.29 is 24.5 Å². The number of esters is 1. The standard InChI is InChI=1S/C52H97NO5/c1-4-7-10-13-16-19-21-23-25-26-28-30-33-36-39-42-45-52(57)58-48(43-40-37-34-32-29-27-24-22-20-17-14-11-8-5-2)46-51(56)53-49(47-54)50(55)44-41-38-35-31-18-15-12-9-6-3/h8,11,17,20,24,27,48-50,54-55H,4-7,9-10,12-16,18-19,21-23,25-26,28-47H2,1-3H3,(H,53,56)/b11-8+,20-17+,27-24+. The number of carbonyl (C=O) groups is 2. The average molecular weight is 816 g/mol. The van der Waals surface area contributed by atoms with Gasteiger partial charge in [0.25, 0.3) is 0 Å². The van der Waals surface area contributed by atoms with Gasteiger partial charge in [-0.1, -0.05) is 224 Å². The molecule has 0 fully saturated rings. The van der Waals surface area contributed by atoms with Crippen LogP contribution in [0.3, 0.4) is 0 Å². The molecule has 0 radical (unpaired) electrons. The summed E-state index contributed by atoms with van der Waals surface area (Å²) < 4.78 is 5.92. The average Bonchev–Trinajstić information content (AvgIpc) is 3.22. The van der Waals surface area contributed by atoms with Gasteiger partial charge in [-0.2, -0.15) is 0 Å². The van der Waals surface area contributed by atoms with Gasteiger partial charge in [0.15, 0.2) is 0 Å². The van der Waals surface area contributed by atoms with Crippen molar-refractivity contribution in [3.05, 3.63) is 36.5 Å². The molecule has 3 atom stereocenters. The molecule has 0 aliphatic rings. The summed E-state index contributed by atoms with van der Waals surface area (Å²) in [5, 5.41) is 23.6. The molecule has 0 aromatic rings. The normalized spacial score (nSPS) is 13.5. The van der Waals surface area contributed by atoms with Crippen molar-refractivity contribution in [3.63, 3.8) is 0 Å². The van der Waals surface area contributed by atoms with Crippen LogP contribution in [0.2, 0.25) is 0 Å². The summed E-state index contributed by atoms with van der Waals surface area (Å²) in [7, 11) is 0. The van der Waals surface area contributed by atoms with Crippen molar-refractivity contribution in [2.24, 2.45) is 0 Å². The minimum atomic E-state index is -0.789. The molecular weight excluding hydrogens is 719 g/mol. The number of amides is 1. The molecule has 0 aliphatic carbocycles. The van der Waals surface area contributed by atoms with E-state index < -0.39 is 18.2 Å². The number of ether oxygens (including phenoxy) is 1. The van der Waals surface area contributed by atoms with E-state index in [0.717, 1.165) is 89.9 Å².